The van der Waals surface area contributed by atoms with E-state index in [1.807, 2.05) is 36.3 Å². The van der Waals surface area contributed by atoms with E-state index in [0.29, 0.717) is 11.4 Å². The molecule has 2 aromatic rings. The van der Waals surface area contributed by atoms with E-state index in [1.165, 1.54) is 0 Å². The molecule has 28 heavy (non-hydrogen) atoms. The third-order valence-corrected chi connectivity index (χ3v) is 6.05. The van der Waals surface area contributed by atoms with Crippen molar-refractivity contribution >= 4 is 47.2 Å². The number of hydrogen-bond donors (Lipinski definition) is 2. The Balaban J connectivity index is 1.52. The third kappa shape index (κ3) is 5.18. The van der Waals surface area contributed by atoms with Gasteiger partial charge in [-0.3, -0.25) is 9.79 Å². The van der Waals surface area contributed by atoms with Crippen molar-refractivity contribution in [2.24, 2.45) is 4.99 Å². The molecule has 0 unspecified atom stereocenters. The van der Waals surface area contributed by atoms with E-state index < -0.39 is 0 Å². The number of aryl methyl sites for hydroxylation is 2. The largest absolute Gasteiger partial charge is 0.361 e. The molecule has 7 nitrogen and oxygen atoms in total. The number of nitrogens with zero attached hydrogens (tertiary/aromatic N) is 4. The van der Waals surface area contributed by atoms with Crippen LogP contribution in [-0.4, -0.2) is 59.5 Å². The van der Waals surface area contributed by atoms with Crippen LogP contribution in [0.25, 0.3) is 5.70 Å². The van der Waals surface area contributed by atoms with Gasteiger partial charge in [0, 0.05) is 32.4 Å². The van der Waals surface area contributed by atoms with Gasteiger partial charge in [-0.15, -0.1) is 23.1 Å². The van der Waals surface area contributed by atoms with Crippen LogP contribution in [-0.2, 0) is 0 Å². The zero-order valence-electron chi connectivity index (χ0n) is 16.1. The Labute approximate surface area is 173 Å². The predicted molar refractivity (Wildman–Crippen MR) is 118 cm³/mol. The summed E-state index contributed by atoms with van der Waals surface area (Å²) in [5.74, 6) is 1.40. The van der Waals surface area contributed by atoms with E-state index in [2.05, 4.69) is 32.3 Å². The minimum Gasteiger partial charge on any atom is -0.361 e. The molecule has 1 aliphatic rings. The second-order valence-corrected chi connectivity index (χ2v) is 8.33. The number of carbonyl (C=O) groups is 1. The molecule has 3 rings (SSSR count). The zero-order valence-corrected chi connectivity index (χ0v) is 17.7. The number of pyridine rings is 1. The van der Waals surface area contributed by atoms with Crippen molar-refractivity contribution in [1.82, 2.24) is 20.2 Å². The molecule has 0 radical (unpaired) electrons. The first-order valence-corrected chi connectivity index (χ1v) is 10.9. The minimum atomic E-state index is 0.0368. The fraction of sp³-hybridized carbons (Fsp3) is 0.368. The molecular formula is C19H24N6OS2. The van der Waals surface area contributed by atoms with Gasteiger partial charge < -0.3 is 15.5 Å². The van der Waals surface area contributed by atoms with E-state index in [4.69, 9.17) is 0 Å². The number of carbonyl (C=O) groups excluding carboxylic acids is 1. The van der Waals surface area contributed by atoms with Crippen molar-refractivity contribution in [1.29, 1.82) is 0 Å². The Kier molecular flexibility index (Phi) is 7.18. The number of piperazine rings is 1. The lowest BCUT2D eigenvalue weighted by molar-refractivity contribution is 0.0735. The number of aliphatic imine (C=N–C) groups is 1. The lowest BCUT2D eigenvalue weighted by Crippen LogP contribution is -2.46. The average molecular weight is 417 g/mol. The normalized spacial score (nSPS) is 14.8. The first kappa shape index (κ1) is 20.5. The summed E-state index contributed by atoms with van der Waals surface area (Å²) in [6, 6.07) is 3.66. The predicted octanol–water partition coefficient (Wildman–Crippen LogP) is 3.00. The number of nitrogens with one attached hydrogen (secondary N) is 2. The van der Waals surface area contributed by atoms with Gasteiger partial charge in [-0.2, -0.15) is 0 Å². The topological polar surface area (TPSA) is 82.5 Å². The fourth-order valence-electron chi connectivity index (χ4n) is 2.84. The summed E-state index contributed by atoms with van der Waals surface area (Å²) >= 11 is 3.20. The number of amides is 1. The molecule has 0 aliphatic carbocycles. The molecule has 2 aromatic heterocycles. The highest BCUT2D eigenvalue weighted by Gasteiger charge is 2.18. The van der Waals surface area contributed by atoms with Crippen molar-refractivity contribution in [3.63, 3.8) is 0 Å². The van der Waals surface area contributed by atoms with Crippen LogP contribution in [0.5, 0.6) is 0 Å². The lowest BCUT2D eigenvalue weighted by Gasteiger charge is -2.27. The molecule has 3 heterocycles. The molecule has 1 aliphatic heterocycles. The monoisotopic (exact) mass is 416 g/mol. The molecule has 9 heteroatoms. The highest BCUT2D eigenvalue weighted by molar-refractivity contribution is 8.02. The zero-order chi connectivity index (χ0) is 19.9. The van der Waals surface area contributed by atoms with E-state index in [9.17, 15) is 4.79 Å². The van der Waals surface area contributed by atoms with Crippen LogP contribution in [0.15, 0.2) is 28.7 Å². The molecule has 0 saturated carbocycles. The summed E-state index contributed by atoms with van der Waals surface area (Å²) in [5, 5.41) is 9.48. The fourth-order valence-corrected chi connectivity index (χ4v) is 4.48. The Bertz CT molecular complexity index is 856. The van der Waals surface area contributed by atoms with Crippen LogP contribution in [0.3, 0.4) is 0 Å². The number of thiazole rings is 1. The van der Waals surface area contributed by atoms with Crippen LogP contribution >= 0.6 is 23.1 Å². The number of thioether (sulfide) groups is 1. The molecule has 0 bridgehead atoms. The van der Waals surface area contributed by atoms with Gasteiger partial charge in [-0.1, -0.05) is 0 Å². The first-order chi connectivity index (χ1) is 13.6. The summed E-state index contributed by atoms with van der Waals surface area (Å²) in [4.78, 5) is 28.3. The van der Waals surface area contributed by atoms with Gasteiger partial charge in [0.2, 0.25) is 0 Å². The van der Waals surface area contributed by atoms with Gasteiger partial charge >= 0.3 is 0 Å². The van der Waals surface area contributed by atoms with Gasteiger partial charge in [0.25, 0.3) is 5.91 Å². The van der Waals surface area contributed by atoms with Gasteiger partial charge in [0.15, 0.2) is 0 Å². The molecule has 1 saturated heterocycles. The maximum Gasteiger partial charge on any atom is 0.255 e. The summed E-state index contributed by atoms with van der Waals surface area (Å²) in [6.45, 7) is 10.8. The Hall–Kier alpha value is -2.23. The standard InChI is InChI=1S/C19H24N6OS2/c1-13-18(28-14(2)24-13)16(20-3)11-27-12-23-17-5-4-15(10-22-17)19(26)25-8-6-21-7-9-25/h4-5,10-11,21H,3,6-9,12H2,1-2H3,(H,22,23)/b16-11-. The van der Waals surface area contributed by atoms with Crippen molar-refractivity contribution in [2.45, 2.75) is 13.8 Å². The van der Waals surface area contributed by atoms with Crippen LogP contribution < -0.4 is 10.6 Å². The van der Waals surface area contributed by atoms with Gasteiger partial charge in [-0.05, 0) is 38.1 Å². The second kappa shape index (κ2) is 9.81. The quantitative estimate of drug-likeness (QED) is 0.410. The minimum absolute atomic E-state index is 0.0368. The van der Waals surface area contributed by atoms with Crippen LogP contribution in [0.4, 0.5) is 5.82 Å². The summed E-state index contributed by atoms with van der Waals surface area (Å²) in [7, 11) is 0. The molecule has 0 spiro atoms. The van der Waals surface area contributed by atoms with Crippen molar-refractivity contribution in [3.05, 3.63) is 44.9 Å². The Morgan fingerprint density at radius 3 is 2.82 bits per heavy atom. The second-order valence-electron chi connectivity index (χ2n) is 6.27. The average Bonchev–Trinajstić information content (AvgIpc) is 3.06. The smallest absolute Gasteiger partial charge is 0.255 e. The summed E-state index contributed by atoms with van der Waals surface area (Å²) < 4.78 is 0. The highest BCUT2D eigenvalue weighted by atomic mass is 32.2. The van der Waals surface area contributed by atoms with Gasteiger partial charge in [-0.25, -0.2) is 9.97 Å². The lowest BCUT2D eigenvalue weighted by atomic mass is 10.2. The van der Waals surface area contributed by atoms with Crippen molar-refractivity contribution in [3.8, 4) is 0 Å². The van der Waals surface area contributed by atoms with E-state index in [1.54, 1.807) is 29.3 Å². The molecular weight excluding hydrogens is 392 g/mol. The van der Waals surface area contributed by atoms with Crippen molar-refractivity contribution < 1.29 is 4.79 Å². The van der Waals surface area contributed by atoms with Crippen LogP contribution in [0.2, 0.25) is 0 Å². The number of rotatable bonds is 7. The summed E-state index contributed by atoms with van der Waals surface area (Å²) in [5.41, 5.74) is 2.43. The van der Waals surface area contributed by atoms with Crippen molar-refractivity contribution in [2.75, 3.05) is 37.4 Å². The molecule has 1 fully saturated rings. The number of hydrogen-bond acceptors (Lipinski definition) is 8. The molecule has 0 atom stereocenters. The van der Waals surface area contributed by atoms with Gasteiger partial charge in [0.1, 0.15) is 5.82 Å². The third-order valence-electron chi connectivity index (χ3n) is 4.25. The maximum absolute atomic E-state index is 12.4. The molecule has 1 amide bonds. The maximum atomic E-state index is 12.4. The Morgan fingerprint density at radius 1 is 1.43 bits per heavy atom. The molecule has 0 aromatic carbocycles. The first-order valence-electron chi connectivity index (χ1n) is 9.01. The van der Waals surface area contributed by atoms with Crippen LogP contribution in [0, 0.1) is 13.8 Å². The Morgan fingerprint density at radius 2 is 2.21 bits per heavy atom. The van der Waals surface area contributed by atoms with E-state index in [-0.39, 0.29) is 5.91 Å². The molecule has 148 valence electrons. The number of anilines is 1. The molecule has 2 N–H and O–H groups in total. The highest BCUT2D eigenvalue weighted by Crippen LogP contribution is 2.28. The SMILES string of the molecule is C=N/C(=C\SCNc1ccc(C(=O)N2CCNCC2)cn1)c1sc(C)nc1C. The van der Waals surface area contributed by atoms with E-state index in [0.717, 1.165) is 53.3 Å². The van der Waals surface area contributed by atoms with Crippen LogP contribution in [0.1, 0.15) is 25.9 Å². The summed E-state index contributed by atoms with van der Waals surface area (Å²) in [6.07, 6.45) is 1.63. The van der Waals surface area contributed by atoms with E-state index >= 15 is 0 Å². The van der Waals surface area contributed by atoms with Gasteiger partial charge in [0.05, 0.1) is 32.7 Å². The number of aromatic nitrogens is 2.